The Hall–Kier alpha value is -4.12. The number of sulfonamides is 1. The van der Waals surface area contributed by atoms with Gasteiger partial charge >= 0.3 is 0 Å². The van der Waals surface area contributed by atoms with Crippen molar-refractivity contribution in [1.29, 1.82) is 0 Å². The van der Waals surface area contributed by atoms with Gasteiger partial charge in [0.2, 0.25) is 11.8 Å². The van der Waals surface area contributed by atoms with E-state index >= 15 is 0 Å². The first-order chi connectivity index (χ1) is 19.5. The number of nitrogens with one attached hydrogen (secondary N) is 1. The van der Waals surface area contributed by atoms with Gasteiger partial charge in [-0.3, -0.25) is 13.9 Å². The number of methoxy groups -OCH3 is 2. The summed E-state index contributed by atoms with van der Waals surface area (Å²) in [5.74, 6) is -0.937. The van der Waals surface area contributed by atoms with Crippen molar-refractivity contribution in [3.05, 3.63) is 84.2 Å². The quantitative estimate of drug-likeness (QED) is 0.320. The summed E-state index contributed by atoms with van der Waals surface area (Å²) in [5, 5.41) is 2.87. The highest BCUT2D eigenvalue weighted by atomic mass is 32.2. The van der Waals surface area contributed by atoms with Crippen LogP contribution in [0.1, 0.15) is 32.8 Å². The van der Waals surface area contributed by atoms with E-state index in [-0.39, 0.29) is 28.9 Å². The number of hydrogen-bond acceptors (Lipinski definition) is 6. The van der Waals surface area contributed by atoms with Crippen molar-refractivity contribution >= 4 is 27.5 Å². The predicted molar refractivity (Wildman–Crippen MR) is 155 cm³/mol. The van der Waals surface area contributed by atoms with E-state index in [0.717, 1.165) is 4.31 Å². The number of rotatable bonds is 13. The number of amides is 2. The summed E-state index contributed by atoms with van der Waals surface area (Å²) in [6.07, 6.45) is 0.684. The van der Waals surface area contributed by atoms with Crippen molar-refractivity contribution in [1.82, 2.24) is 10.2 Å². The molecule has 2 unspecified atom stereocenters. The molecule has 0 heterocycles. The third-order valence-electron chi connectivity index (χ3n) is 6.70. The second-order valence-electron chi connectivity index (χ2n) is 9.50. The lowest BCUT2D eigenvalue weighted by molar-refractivity contribution is -0.139. The summed E-state index contributed by atoms with van der Waals surface area (Å²) in [5.41, 5.74) is 0.655. The zero-order valence-corrected chi connectivity index (χ0v) is 24.7. The van der Waals surface area contributed by atoms with Gasteiger partial charge in [-0.2, -0.15) is 0 Å². The molecule has 41 heavy (non-hydrogen) atoms. The molecule has 220 valence electrons. The Kier molecular flexibility index (Phi) is 10.7. The number of ether oxygens (including phenoxy) is 2. The molecule has 0 saturated carbocycles. The highest BCUT2D eigenvalue weighted by Crippen LogP contribution is 2.36. The minimum Gasteiger partial charge on any atom is -0.497 e. The lowest BCUT2D eigenvalue weighted by atomic mass is 10.1. The molecule has 0 fully saturated rings. The molecule has 0 bridgehead atoms. The van der Waals surface area contributed by atoms with E-state index in [2.05, 4.69) is 5.32 Å². The van der Waals surface area contributed by atoms with Crippen molar-refractivity contribution in [3.8, 4) is 11.5 Å². The molecular weight excluding hydrogens is 549 g/mol. The molecule has 0 radical (unpaired) electrons. The van der Waals surface area contributed by atoms with Crippen LogP contribution in [-0.2, 0) is 26.2 Å². The van der Waals surface area contributed by atoms with E-state index in [4.69, 9.17) is 9.47 Å². The van der Waals surface area contributed by atoms with Gasteiger partial charge in [-0.1, -0.05) is 37.3 Å². The van der Waals surface area contributed by atoms with E-state index < -0.39 is 40.2 Å². The Morgan fingerprint density at radius 1 is 0.951 bits per heavy atom. The van der Waals surface area contributed by atoms with Gasteiger partial charge in [0.1, 0.15) is 29.9 Å². The van der Waals surface area contributed by atoms with Crippen molar-refractivity contribution in [2.75, 3.05) is 25.1 Å². The molecule has 2 amide bonds. The first-order valence-electron chi connectivity index (χ1n) is 13.2. The van der Waals surface area contributed by atoms with Gasteiger partial charge in [-0.05, 0) is 62.2 Å². The highest BCUT2D eigenvalue weighted by molar-refractivity contribution is 7.92. The minimum atomic E-state index is -4.29. The number of halogens is 1. The monoisotopic (exact) mass is 585 g/mol. The third-order valence-corrected chi connectivity index (χ3v) is 8.47. The van der Waals surface area contributed by atoms with E-state index in [0.29, 0.717) is 17.7 Å². The smallest absolute Gasteiger partial charge is 0.264 e. The molecule has 0 saturated heterocycles. The van der Waals surface area contributed by atoms with E-state index in [1.807, 2.05) is 13.8 Å². The molecule has 2 atom stereocenters. The number of hydrogen-bond donors (Lipinski definition) is 1. The van der Waals surface area contributed by atoms with Crippen molar-refractivity contribution in [2.24, 2.45) is 0 Å². The maximum atomic E-state index is 14.0. The summed E-state index contributed by atoms with van der Waals surface area (Å²) >= 11 is 0. The standard InChI is InChI=1S/C30H36FN3O6S/c1-6-21(2)32-30(36)22(3)33(19-23-12-14-24(31)15-13-23)29(35)20-34(41(37,38)26-10-8-7-9-11-26)27-18-25(39-4)16-17-28(27)40-5/h7-18,21-22H,6,19-20H2,1-5H3,(H,32,36). The molecule has 0 aliphatic rings. The SMILES string of the molecule is CCC(C)NC(=O)C(C)N(Cc1ccc(F)cc1)C(=O)CN(c1cc(OC)ccc1OC)S(=O)(=O)c1ccccc1. The van der Waals surface area contributed by atoms with Crippen LogP contribution in [0, 0.1) is 5.82 Å². The van der Waals surface area contributed by atoms with Gasteiger partial charge in [0.05, 0.1) is 24.8 Å². The maximum absolute atomic E-state index is 14.0. The minimum absolute atomic E-state index is 0.0367. The molecule has 11 heteroatoms. The maximum Gasteiger partial charge on any atom is 0.264 e. The summed E-state index contributed by atoms with van der Waals surface area (Å²) in [7, 11) is -1.46. The van der Waals surface area contributed by atoms with Crippen LogP contribution < -0.4 is 19.1 Å². The molecule has 3 aromatic rings. The van der Waals surface area contributed by atoms with E-state index in [1.54, 1.807) is 37.3 Å². The average Bonchev–Trinajstić information content (AvgIpc) is 2.98. The number of nitrogens with zero attached hydrogens (tertiary/aromatic N) is 2. The van der Waals surface area contributed by atoms with Crippen LogP contribution in [0.15, 0.2) is 77.7 Å². The van der Waals surface area contributed by atoms with Gasteiger partial charge in [0.25, 0.3) is 10.0 Å². The number of carbonyl (C=O) groups is 2. The summed E-state index contributed by atoms with van der Waals surface area (Å²) in [6, 6.07) is 16.8. The average molecular weight is 586 g/mol. The second kappa shape index (κ2) is 14.0. The highest BCUT2D eigenvalue weighted by Gasteiger charge is 2.34. The fourth-order valence-corrected chi connectivity index (χ4v) is 5.50. The Balaban J connectivity index is 2.10. The van der Waals surface area contributed by atoms with E-state index in [9.17, 15) is 22.4 Å². The number of benzene rings is 3. The van der Waals surface area contributed by atoms with Crippen molar-refractivity contribution < 1.29 is 31.9 Å². The third kappa shape index (κ3) is 7.75. The van der Waals surface area contributed by atoms with Gasteiger partial charge < -0.3 is 19.7 Å². The van der Waals surface area contributed by atoms with Crippen molar-refractivity contribution in [2.45, 2.75) is 50.7 Å². The molecule has 3 rings (SSSR count). The number of carbonyl (C=O) groups excluding carboxylic acids is 2. The molecule has 9 nitrogen and oxygen atoms in total. The van der Waals surface area contributed by atoms with Gasteiger partial charge in [-0.15, -0.1) is 0 Å². The molecule has 1 N–H and O–H groups in total. The van der Waals surface area contributed by atoms with Crippen LogP contribution in [0.25, 0.3) is 0 Å². The Morgan fingerprint density at radius 2 is 1.61 bits per heavy atom. The zero-order valence-electron chi connectivity index (χ0n) is 23.8. The van der Waals surface area contributed by atoms with Gasteiger partial charge in [0.15, 0.2) is 0 Å². The summed E-state index contributed by atoms with van der Waals surface area (Å²) in [6.45, 7) is 4.64. The molecule has 0 aromatic heterocycles. The number of anilines is 1. The van der Waals surface area contributed by atoms with Gasteiger partial charge in [0, 0.05) is 18.7 Å². The lowest BCUT2D eigenvalue weighted by Crippen LogP contribution is -2.52. The fraction of sp³-hybridized carbons (Fsp3) is 0.333. The Labute approximate surface area is 240 Å². The lowest BCUT2D eigenvalue weighted by Gasteiger charge is -2.33. The van der Waals surface area contributed by atoms with Crippen LogP contribution in [0.4, 0.5) is 10.1 Å². The first-order valence-corrected chi connectivity index (χ1v) is 14.6. The molecule has 0 spiro atoms. The molecule has 0 aliphatic carbocycles. The molecular formula is C30H36FN3O6S. The van der Waals surface area contributed by atoms with Crippen LogP contribution in [-0.4, -0.2) is 58.0 Å². The summed E-state index contributed by atoms with van der Waals surface area (Å²) in [4.78, 5) is 28.4. The van der Waals surface area contributed by atoms with Crippen LogP contribution in [0.2, 0.25) is 0 Å². The fourth-order valence-electron chi connectivity index (χ4n) is 4.06. The second-order valence-corrected chi connectivity index (χ2v) is 11.4. The Bertz CT molecular complexity index is 1430. The summed E-state index contributed by atoms with van der Waals surface area (Å²) < 4.78 is 53.3. The van der Waals surface area contributed by atoms with E-state index in [1.165, 1.54) is 61.6 Å². The normalized spacial score (nSPS) is 12.6. The molecule has 0 aliphatic heterocycles. The predicted octanol–water partition coefficient (Wildman–Crippen LogP) is 4.37. The van der Waals surface area contributed by atoms with Crippen LogP contribution >= 0.6 is 0 Å². The zero-order chi connectivity index (χ0) is 30.2. The van der Waals surface area contributed by atoms with Crippen LogP contribution in [0.3, 0.4) is 0 Å². The Morgan fingerprint density at radius 3 is 2.20 bits per heavy atom. The topological polar surface area (TPSA) is 105 Å². The first kappa shape index (κ1) is 31.4. The van der Waals surface area contributed by atoms with Crippen molar-refractivity contribution in [3.63, 3.8) is 0 Å². The largest absolute Gasteiger partial charge is 0.497 e. The van der Waals surface area contributed by atoms with Gasteiger partial charge in [-0.25, -0.2) is 12.8 Å². The van der Waals surface area contributed by atoms with Crippen LogP contribution in [0.5, 0.6) is 11.5 Å². The molecule has 3 aromatic carbocycles.